The number of aryl methyl sites for hydroxylation is 3. The molecule has 0 aliphatic carbocycles. The third-order valence-electron chi connectivity index (χ3n) is 6.17. The van der Waals surface area contributed by atoms with Gasteiger partial charge >= 0.3 is 0 Å². The van der Waals surface area contributed by atoms with Gasteiger partial charge in [0.2, 0.25) is 5.95 Å². The molecule has 7 nitrogen and oxygen atoms in total. The molecule has 1 saturated heterocycles. The number of hydrogen-bond acceptors (Lipinski definition) is 7. The van der Waals surface area contributed by atoms with Gasteiger partial charge in [0.15, 0.2) is 0 Å². The number of nitrogens with zero attached hydrogens (tertiary/aromatic N) is 4. The van der Waals surface area contributed by atoms with Crippen molar-refractivity contribution in [2.75, 3.05) is 31.6 Å². The van der Waals surface area contributed by atoms with Gasteiger partial charge in [0.1, 0.15) is 12.4 Å². The lowest BCUT2D eigenvalue weighted by molar-refractivity contribution is 0.238. The van der Waals surface area contributed by atoms with Crippen LogP contribution in [0.5, 0.6) is 5.75 Å². The predicted octanol–water partition coefficient (Wildman–Crippen LogP) is 5.74. The number of benzene rings is 1. The summed E-state index contributed by atoms with van der Waals surface area (Å²) in [6.45, 7) is 10.2. The van der Waals surface area contributed by atoms with E-state index in [-0.39, 0.29) is 0 Å². The van der Waals surface area contributed by atoms with E-state index in [9.17, 15) is 0 Å². The summed E-state index contributed by atoms with van der Waals surface area (Å²) >= 11 is 1.72. The summed E-state index contributed by atoms with van der Waals surface area (Å²) in [6.07, 6.45) is 4.48. The van der Waals surface area contributed by atoms with E-state index in [4.69, 9.17) is 9.72 Å². The maximum absolute atomic E-state index is 5.91. The number of rotatable bonds is 8. The first kappa shape index (κ1) is 22.6. The minimum Gasteiger partial charge on any atom is -0.492 e. The van der Waals surface area contributed by atoms with Crippen LogP contribution in [0.25, 0.3) is 21.0 Å². The fourth-order valence-electron chi connectivity index (χ4n) is 4.33. The molecule has 0 unspecified atom stereocenters. The second kappa shape index (κ2) is 9.95. The highest BCUT2D eigenvalue weighted by molar-refractivity contribution is 7.18. The maximum atomic E-state index is 5.91. The van der Waals surface area contributed by atoms with Crippen LogP contribution in [0.3, 0.4) is 0 Å². The van der Waals surface area contributed by atoms with Crippen LogP contribution in [0.15, 0.2) is 42.6 Å². The molecule has 1 fully saturated rings. The quantitative estimate of drug-likeness (QED) is 0.339. The highest BCUT2D eigenvalue weighted by Crippen LogP contribution is 2.37. The Balaban J connectivity index is 1.26. The molecule has 1 aliphatic rings. The smallest absolute Gasteiger partial charge is 0.227 e. The summed E-state index contributed by atoms with van der Waals surface area (Å²) in [7, 11) is 0. The number of aromatic nitrogens is 4. The van der Waals surface area contributed by atoms with Gasteiger partial charge in [-0.2, -0.15) is 5.10 Å². The van der Waals surface area contributed by atoms with Crippen molar-refractivity contribution in [3.8, 4) is 26.8 Å². The SMILES string of the molecule is Cc1cnc(Nc2ccc(OCCN3CCCC3)cc2)nc1-c1ccc(-c2c(C)n[nH]c2C)s1. The molecule has 0 saturated carbocycles. The van der Waals surface area contributed by atoms with Gasteiger partial charge < -0.3 is 10.1 Å². The highest BCUT2D eigenvalue weighted by atomic mass is 32.1. The summed E-state index contributed by atoms with van der Waals surface area (Å²) in [5, 5.41) is 10.7. The predicted molar refractivity (Wildman–Crippen MR) is 138 cm³/mol. The van der Waals surface area contributed by atoms with Gasteiger partial charge in [-0.25, -0.2) is 9.97 Å². The Labute approximate surface area is 204 Å². The molecule has 3 aromatic heterocycles. The van der Waals surface area contributed by atoms with Gasteiger partial charge in [0.05, 0.1) is 16.3 Å². The molecule has 2 N–H and O–H groups in total. The van der Waals surface area contributed by atoms with E-state index in [1.807, 2.05) is 44.3 Å². The summed E-state index contributed by atoms with van der Waals surface area (Å²) in [6, 6.07) is 12.2. The Kier molecular flexibility index (Phi) is 6.60. The van der Waals surface area contributed by atoms with E-state index in [1.54, 1.807) is 11.3 Å². The zero-order valence-corrected chi connectivity index (χ0v) is 20.7. The third kappa shape index (κ3) is 4.98. The normalized spacial score (nSPS) is 14.0. The Morgan fingerprint density at radius 3 is 2.53 bits per heavy atom. The Bertz CT molecular complexity index is 1240. The first-order chi connectivity index (χ1) is 16.6. The van der Waals surface area contributed by atoms with Gasteiger partial charge in [0.25, 0.3) is 0 Å². The summed E-state index contributed by atoms with van der Waals surface area (Å²) < 4.78 is 5.91. The molecule has 0 spiro atoms. The number of hydrogen-bond donors (Lipinski definition) is 2. The van der Waals surface area contributed by atoms with Crippen molar-refractivity contribution in [2.45, 2.75) is 33.6 Å². The summed E-state index contributed by atoms with van der Waals surface area (Å²) in [5.74, 6) is 1.46. The van der Waals surface area contributed by atoms with Crippen LogP contribution < -0.4 is 10.1 Å². The minimum absolute atomic E-state index is 0.578. The summed E-state index contributed by atoms with van der Waals surface area (Å²) in [5.41, 5.74) is 6.17. The molecule has 1 aromatic carbocycles. The number of likely N-dealkylation sites (tertiary alicyclic amines) is 1. The molecule has 0 radical (unpaired) electrons. The molecule has 0 bridgehead atoms. The monoisotopic (exact) mass is 474 g/mol. The van der Waals surface area contributed by atoms with Crippen LogP contribution in [0.2, 0.25) is 0 Å². The van der Waals surface area contributed by atoms with Crippen molar-refractivity contribution in [1.82, 2.24) is 25.1 Å². The maximum Gasteiger partial charge on any atom is 0.227 e. The van der Waals surface area contributed by atoms with Crippen molar-refractivity contribution < 1.29 is 4.74 Å². The van der Waals surface area contributed by atoms with E-state index < -0.39 is 0 Å². The number of aromatic amines is 1. The fraction of sp³-hybridized carbons (Fsp3) is 0.346. The number of H-pyrrole nitrogens is 1. The molecule has 8 heteroatoms. The zero-order chi connectivity index (χ0) is 23.5. The average Bonchev–Trinajstić information content (AvgIpc) is 3.59. The van der Waals surface area contributed by atoms with Gasteiger partial charge in [-0.1, -0.05) is 0 Å². The van der Waals surface area contributed by atoms with Crippen molar-refractivity contribution in [3.63, 3.8) is 0 Å². The standard InChI is InChI=1S/C26H30N6OS/c1-17-16-27-26(28-20-6-8-21(9-7-20)33-15-14-32-12-4-5-13-32)29-25(17)23-11-10-22(34-23)24-18(2)30-31-19(24)3/h6-11,16H,4-5,12-15H2,1-3H3,(H,30,31)(H,27,28,29). The minimum atomic E-state index is 0.578. The van der Waals surface area contributed by atoms with E-state index in [0.29, 0.717) is 5.95 Å². The van der Waals surface area contributed by atoms with Crippen molar-refractivity contribution in [1.29, 1.82) is 0 Å². The largest absolute Gasteiger partial charge is 0.492 e. The van der Waals surface area contributed by atoms with Crippen LogP contribution in [0, 0.1) is 20.8 Å². The van der Waals surface area contributed by atoms with Crippen LogP contribution >= 0.6 is 11.3 Å². The van der Waals surface area contributed by atoms with Gasteiger partial charge in [-0.05, 0) is 88.7 Å². The molecule has 1 aliphatic heterocycles. The molecule has 5 rings (SSSR count). The number of thiophene rings is 1. The van der Waals surface area contributed by atoms with E-state index in [2.05, 4.69) is 44.5 Å². The van der Waals surface area contributed by atoms with E-state index in [1.165, 1.54) is 36.4 Å². The lowest BCUT2D eigenvalue weighted by Gasteiger charge is -2.15. The summed E-state index contributed by atoms with van der Waals surface area (Å²) in [4.78, 5) is 14.1. The first-order valence-corrected chi connectivity index (χ1v) is 12.6. The number of ether oxygens (including phenoxy) is 1. The molecular formula is C26H30N6OS. The lowest BCUT2D eigenvalue weighted by Crippen LogP contribution is -2.25. The second-order valence-corrected chi connectivity index (χ2v) is 9.83. The van der Waals surface area contributed by atoms with E-state index >= 15 is 0 Å². The molecule has 4 aromatic rings. The van der Waals surface area contributed by atoms with Crippen molar-refractivity contribution >= 4 is 23.0 Å². The Morgan fingerprint density at radius 2 is 1.79 bits per heavy atom. The van der Waals surface area contributed by atoms with Crippen molar-refractivity contribution in [2.24, 2.45) is 0 Å². The van der Waals surface area contributed by atoms with Crippen LogP contribution in [0.4, 0.5) is 11.6 Å². The zero-order valence-electron chi connectivity index (χ0n) is 19.9. The molecule has 0 atom stereocenters. The highest BCUT2D eigenvalue weighted by Gasteiger charge is 2.15. The van der Waals surface area contributed by atoms with Gasteiger partial charge in [0, 0.05) is 34.6 Å². The third-order valence-corrected chi connectivity index (χ3v) is 7.28. The lowest BCUT2D eigenvalue weighted by atomic mass is 10.1. The Hall–Kier alpha value is -3.23. The molecule has 176 valence electrons. The molecule has 4 heterocycles. The first-order valence-electron chi connectivity index (χ1n) is 11.7. The van der Waals surface area contributed by atoms with E-state index in [0.717, 1.165) is 52.1 Å². The fourth-order valence-corrected chi connectivity index (χ4v) is 5.54. The molecule has 0 amide bonds. The van der Waals surface area contributed by atoms with Gasteiger partial charge in [-0.3, -0.25) is 10.00 Å². The topological polar surface area (TPSA) is 79.0 Å². The van der Waals surface area contributed by atoms with Gasteiger partial charge in [-0.15, -0.1) is 11.3 Å². The Morgan fingerprint density at radius 1 is 1.03 bits per heavy atom. The molecule has 34 heavy (non-hydrogen) atoms. The molecular weight excluding hydrogens is 444 g/mol. The van der Waals surface area contributed by atoms with Crippen LogP contribution in [-0.2, 0) is 0 Å². The van der Waals surface area contributed by atoms with Crippen LogP contribution in [0.1, 0.15) is 29.8 Å². The van der Waals surface area contributed by atoms with Crippen LogP contribution in [-0.4, -0.2) is 51.3 Å². The second-order valence-electron chi connectivity index (χ2n) is 8.74. The number of nitrogens with one attached hydrogen (secondary N) is 2. The average molecular weight is 475 g/mol. The number of anilines is 2. The van der Waals surface area contributed by atoms with Crippen molar-refractivity contribution in [3.05, 3.63) is 59.5 Å².